The maximum absolute atomic E-state index is 12.4. The molecule has 0 spiro atoms. The minimum atomic E-state index is -0.189. The highest BCUT2D eigenvalue weighted by atomic mass is 16.5. The Labute approximate surface area is 148 Å². The first-order chi connectivity index (χ1) is 12.0. The Kier molecular flexibility index (Phi) is 5.48. The molecule has 1 fully saturated rings. The van der Waals surface area contributed by atoms with Crippen LogP contribution < -0.4 is 5.32 Å². The Balaban J connectivity index is 1.48. The summed E-state index contributed by atoms with van der Waals surface area (Å²) in [5.74, 6) is -0.156. The van der Waals surface area contributed by atoms with Gasteiger partial charge in [0.25, 0.3) is 5.91 Å². The fourth-order valence-corrected chi connectivity index (χ4v) is 3.22. The Morgan fingerprint density at radius 2 is 2.16 bits per heavy atom. The molecule has 6 heteroatoms. The van der Waals surface area contributed by atoms with Crippen LogP contribution in [-0.4, -0.2) is 39.2 Å². The van der Waals surface area contributed by atoms with E-state index in [0.717, 1.165) is 32.2 Å². The van der Waals surface area contributed by atoms with E-state index in [1.54, 1.807) is 10.9 Å². The molecule has 0 saturated carbocycles. The van der Waals surface area contributed by atoms with Crippen LogP contribution >= 0.6 is 0 Å². The van der Waals surface area contributed by atoms with Crippen LogP contribution in [0, 0.1) is 0 Å². The lowest BCUT2D eigenvalue weighted by molar-refractivity contribution is -0.0615. The normalized spacial score (nSPS) is 19.5. The molecule has 0 aliphatic carbocycles. The Morgan fingerprint density at radius 1 is 1.36 bits per heavy atom. The summed E-state index contributed by atoms with van der Waals surface area (Å²) in [6, 6.07) is 10.5. The molecule has 6 nitrogen and oxygen atoms in total. The van der Waals surface area contributed by atoms with Crippen molar-refractivity contribution in [3.8, 4) is 0 Å². The molecule has 2 aromatic rings. The average molecular weight is 342 g/mol. The van der Waals surface area contributed by atoms with E-state index in [9.17, 15) is 4.79 Å². The van der Waals surface area contributed by atoms with E-state index in [1.807, 2.05) is 32.0 Å². The monoisotopic (exact) mass is 342 g/mol. The molecule has 1 saturated heterocycles. The average Bonchev–Trinajstić information content (AvgIpc) is 3.04. The number of ether oxygens (including phenoxy) is 1. The van der Waals surface area contributed by atoms with Crippen LogP contribution in [0.4, 0.5) is 0 Å². The van der Waals surface area contributed by atoms with E-state index < -0.39 is 0 Å². The summed E-state index contributed by atoms with van der Waals surface area (Å²) in [5.41, 5.74) is 1.50. The second-order valence-electron chi connectivity index (χ2n) is 7.23. The van der Waals surface area contributed by atoms with Gasteiger partial charge in [0.1, 0.15) is 0 Å². The van der Waals surface area contributed by atoms with Crippen LogP contribution in [0.1, 0.15) is 49.2 Å². The van der Waals surface area contributed by atoms with Gasteiger partial charge in [-0.3, -0.25) is 9.48 Å². The Hall–Kier alpha value is -2.21. The number of rotatable bonds is 6. The van der Waals surface area contributed by atoms with Crippen molar-refractivity contribution in [2.75, 3.05) is 6.61 Å². The number of nitrogens with zero attached hydrogens (tertiary/aromatic N) is 3. The number of benzene rings is 1. The van der Waals surface area contributed by atoms with E-state index in [1.165, 1.54) is 5.56 Å². The highest BCUT2D eigenvalue weighted by molar-refractivity contribution is 5.92. The summed E-state index contributed by atoms with van der Waals surface area (Å²) in [5, 5.41) is 11.1. The number of aryl methyl sites for hydroxylation is 2. The van der Waals surface area contributed by atoms with Gasteiger partial charge >= 0.3 is 0 Å². The number of hydrogen-bond donors (Lipinski definition) is 1. The van der Waals surface area contributed by atoms with E-state index >= 15 is 0 Å². The summed E-state index contributed by atoms with van der Waals surface area (Å²) in [7, 11) is 0. The van der Waals surface area contributed by atoms with Gasteiger partial charge in [-0.05, 0) is 45.1 Å². The zero-order valence-electron chi connectivity index (χ0n) is 14.9. The zero-order valence-corrected chi connectivity index (χ0v) is 14.9. The molecule has 1 aromatic carbocycles. The number of nitrogens with one attached hydrogen (secondary N) is 1. The molecule has 1 aliphatic heterocycles. The molecule has 2 heterocycles. The number of hydrogen-bond acceptors (Lipinski definition) is 4. The van der Waals surface area contributed by atoms with Crippen LogP contribution in [0.15, 0.2) is 36.5 Å². The molecule has 25 heavy (non-hydrogen) atoms. The first kappa shape index (κ1) is 17.6. The van der Waals surface area contributed by atoms with Crippen molar-refractivity contribution in [3.63, 3.8) is 0 Å². The molecule has 0 radical (unpaired) electrons. The second kappa shape index (κ2) is 7.78. The van der Waals surface area contributed by atoms with Gasteiger partial charge in [0.15, 0.2) is 5.69 Å². The molecule has 134 valence electrons. The highest BCUT2D eigenvalue weighted by Crippen LogP contribution is 2.24. The van der Waals surface area contributed by atoms with Crippen LogP contribution in [0.25, 0.3) is 0 Å². The van der Waals surface area contributed by atoms with Gasteiger partial charge in [-0.15, -0.1) is 5.10 Å². The van der Waals surface area contributed by atoms with E-state index in [4.69, 9.17) is 4.74 Å². The van der Waals surface area contributed by atoms with Gasteiger partial charge in [-0.1, -0.05) is 35.5 Å². The standard InChI is InChI=1S/C19H26N4O2/c1-19(2)13-16(10-12-25-19)20-18(24)17-14-23(22-21-17)11-6-9-15-7-4-3-5-8-15/h3-5,7-8,14,16H,6,9-13H2,1-2H3,(H,20,24)/t16-/m1/s1. The van der Waals surface area contributed by atoms with E-state index in [2.05, 4.69) is 27.8 Å². The van der Waals surface area contributed by atoms with Gasteiger partial charge in [0, 0.05) is 19.2 Å². The van der Waals surface area contributed by atoms with Gasteiger partial charge < -0.3 is 10.1 Å². The highest BCUT2D eigenvalue weighted by Gasteiger charge is 2.30. The van der Waals surface area contributed by atoms with E-state index in [0.29, 0.717) is 12.3 Å². The molecule has 1 aromatic heterocycles. The topological polar surface area (TPSA) is 69.0 Å². The molecule has 1 amide bonds. The van der Waals surface area contributed by atoms with Gasteiger partial charge in [0.05, 0.1) is 11.8 Å². The summed E-state index contributed by atoms with van der Waals surface area (Å²) >= 11 is 0. The molecular weight excluding hydrogens is 316 g/mol. The third-order valence-corrected chi connectivity index (χ3v) is 4.50. The third-order valence-electron chi connectivity index (χ3n) is 4.50. The van der Waals surface area contributed by atoms with Crippen molar-refractivity contribution in [3.05, 3.63) is 47.8 Å². The third kappa shape index (κ3) is 5.13. The van der Waals surface area contributed by atoms with Crippen molar-refractivity contribution in [2.45, 2.75) is 57.7 Å². The number of amides is 1. The number of aromatic nitrogens is 3. The number of carbonyl (C=O) groups excluding carboxylic acids is 1. The Bertz CT molecular complexity index is 696. The number of carbonyl (C=O) groups is 1. The summed E-state index contributed by atoms with van der Waals surface area (Å²) < 4.78 is 7.43. The van der Waals surface area contributed by atoms with Crippen LogP contribution in [0.3, 0.4) is 0 Å². The molecule has 0 bridgehead atoms. The zero-order chi connectivity index (χ0) is 17.7. The van der Waals surface area contributed by atoms with Crippen LogP contribution in [0.2, 0.25) is 0 Å². The van der Waals surface area contributed by atoms with Crippen molar-refractivity contribution >= 4 is 5.91 Å². The molecule has 1 aliphatic rings. The van der Waals surface area contributed by atoms with Gasteiger partial charge in [0.2, 0.25) is 0 Å². The molecule has 0 unspecified atom stereocenters. The summed E-state index contributed by atoms with van der Waals surface area (Å²) in [4.78, 5) is 12.4. The predicted molar refractivity (Wildman–Crippen MR) is 95.3 cm³/mol. The minimum Gasteiger partial charge on any atom is -0.375 e. The maximum atomic E-state index is 12.4. The fraction of sp³-hybridized carbons (Fsp3) is 0.526. The minimum absolute atomic E-state index is 0.125. The second-order valence-corrected chi connectivity index (χ2v) is 7.23. The lowest BCUT2D eigenvalue weighted by Crippen LogP contribution is -2.45. The predicted octanol–water partition coefficient (Wildman–Crippen LogP) is 2.60. The largest absolute Gasteiger partial charge is 0.375 e. The first-order valence-electron chi connectivity index (χ1n) is 8.91. The fourth-order valence-electron chi connectivity index (χ4n) is 3.22. The lowest BCUT2D eigenvalue weighted by atomic mass is 9.94. The van der Waals surface area contributed by atoms with Crippen LogP contribution in [0.5, 0.6) is 0 Å². The molecule has 1 N–H and O–H groups in total. The van der Waals surface area contributed by atoms with Crippen molar-refractivity contribution in [1.29, 1.82) is 0 Å². The van der Waals surface area contributed by atoms with Gasteiger partial charge in [-0.2, -0.15) is 0 Å². The quantitative estimate of drug-likeness (QED) is 0.876. The maximum Gasteiger partial charge on any atom is 0.273 e. The van der Waals surface area contributed by atoms with Crippen molar-refractivity contribution in [2.24, 2.45) is 0 Å². The molecule has 1 atom stereocenters. The van der Waals surface area contributed by atoms with Crippen molar-refractivity contribution < 1.29 is 9.53 Å². The smallest absolute Gasteiger partial charge is 0.273 e. The summed E-state index contributed by atoms with van der Waals surface area (Å²) in [6.07, 6.45) is 5.32. The van der Waals surface area contributed by atoms with Crippen molar-refractivity contribution in [1.82, 2.24) is 20.3 Å². The SMILES string of the molecule is CC1(C)C[C@H](NC(=O)c2cn(CCCc3ccccc3)nn2)CCO1. The first-order valence-corrected chi connectivity index (χ1v) is 8.91. The Morgan fingerprint density at radius 3 is 2.92 bits per heavy atom. The lowest BCUT2D eigenvalue weighted by Gasteiger charge is -2.35. The van der Waals surface area contributed by atoms with Crippen LogP contribution in [-0.2, 0) is 17.7 Å². The van der Waals surface area contributed by atoms with Gasteiger partial charge in [-0.25, -0.2) is 0 Å². The molecule has 3 rings (SSSR count). The molecular formula is C19H26N4O2. The summed E-state index contributed by atoms with van der Waals surface area (Å²) in [6.45, 7) is 5.52. The van der Waals surface area contributed by atoms with E-state index in [-0.39, 0.29) is 17.6 Å².